The van der Waals surface area contributed by atoms with Gasteiger partial charge in [0.05, 0.1) is 0 Å². The first-order valence-corrected chi connectivity index (χ1v) is 2.35. The molecule has 7 heteroatoms. The average molecular weight is 167 g/mol. The van der Waals surface area contributed by atoms with E-state index in [2.05, 4.69) is 0 Å². The Morgan fingerprint density at radius 3 is 1.14 bits per heavy atom. The van der Waals surface area contributed by atoms with Crippen LogP contribution in [-0.4, -0.2) is 20.2 Å². The molecule has 0 fully saturated rings. The molecule has 7 heavy (non-hydrogen) atoms. The Kier molecular flexibility index (Phi) is 10.7. The van der Waals surface area contributed by atoms with E-state index in [4.69, 9.17) is 19.2 Å². The second kappa shape index (κ2) is 4.80. The molecule has 0 aromatic carbocycles. The van der Waals surface area contributed by atoms with Gasteiger partial charge >= 0.3 is 7.82 Å². The molecule has 0 amide bonds. The summed E-state index contributed by atoms with van der Waals surface area (Å²) in [7, 11) is -4.64. The smallest absolute Gasteiger partial charge is 0.412 e. The van der Waals surface area contributed by atoms with Crippen LogP contribution < -0.4 is 0 Å². The molecule has 0 unspecified atom stereocenters. The summed E-state index contributed by atoms with van der Waals surface area (Å²) < 4.78 is 8.88. The normalized spacial score (nSPS) is 8.43. The van der Waals surface area contributed by atoms with E-state index in [1.54, 1.807) is 0 Å². The summed E-state index contributed by atoms with van der Waals surface area (Å²) in [5.41, 5.74) is 0. The Hall–Kier alpha value is 0.654. The SMILES string of the molecule is O.O=P(O)(O)O.[V]. The molecule has 45 valence electrons. The third-order valence-electron chi connectivity index (χ3n) is 0. The van der Waals surface area contributed by atoms with Crippen LogP contribution in [0.4, 0.5) is 0 Å². The first-order valence-electron chi connectivity index (χ1n) is 0.783. The molecule has 0 atom stereocenters. The molecule has 0 aliphatic heterocycles. The van der Waals surface area contributed by atoms with E-state index < -0.39 is 7.82 Å². The van der Waals surface area contributed by atoms with E-state index in [0.717, 1.165) is 0 Å². The van der Waals surface area contributed by atoms with Gasteiger partial charge in [-0.15, -0.1) is 0 Å². The zero-order valence-corrected chi connectivity index (χ0v) is 5.44. The zero-order valence-electron chi connectivity index (χ0n) is 3.14. The molecule has 0 bridgehead atoms. The zero-order chi connectivity index (χ0) is 4.50. The number of hydrogen-bond donors (Lipinski definition) is 3. The van der Waals surface area contributed by atoms with Crippen molar-refractivity contribution in [3.8, 4) is 0 Å². The van der Waals surface area contributed by atoms with Crippen molar-refractivity contribution < 1.29 is 43.3 Å². The van der Waals surface area contributed by atoms with Gasteiger partial charge in [0.15, 0.2) is 0 Å². The minimum atomic E-state index is -4.64. The van der Waals surface area contributed by atoms with Crippen molar-refractivity contribution >= 4 is 7.82 Å². The van der Waals surface area contributed by atoms with Crippen molar-refractivity contribution in [1.82, 2.24) is 0 Å². The van der Waals surface area contributed by atoms with Crippen LogP contribution in [0.1, 0.15) is 0 Å². The van der Waals surface area contributed by atoms with Gasteiger partial charge in [0.1, 0.15) is 0 Å². The molecule has 0 heterocycles. The van der Waals surface area contributed by atoms with Crippen molar-refractivity contribution in [1.29, 1.82) is 0 Å². The summed E-state index contributed by atoms with van der Waals surface area (Å²) in [5, 5.41) is 0. The van der Waals surface area contributed by atoms with Crippen LogP contribution >= 0.6 is 7.82 Å². The predicted molar refractivity (Wildman–Crippen MR) is 17.9 cm³/mol. The van der Waals surface area contributed by atoms with E-state index in [9.17, 15) is 0 Å². The Morgan fingerprint density at radius 1 is 1.14 bits per heavy atom. The maximum absolute atomic E-state index is 8.88. The standard InChI is InChI=1S/H3O4P.H2O.V/c1-5(2,3)4;;/h(H3,1,2,3,4);1H2;. The molecule has 5 N–H and O–H groups in total. The molecular weight excluding hydrogens is 162 g/mol. The van der Waals surface area contributed by atoms with Gasteiger partial charge < -0.3 is 20.2 Å². The van der Waals surface area contributed by atoms with Gasteiger partial charge in [0.25, 0.3) is 0 Å². The van der Waals surface area contributed by atoms with Gasteiger partial charge in [-0.05, 0) is 0 Å². The van der Waals surface area contributed by atoms with Crippen molar-refractivity contribution in [2.24, 2.45) is 0 Å². The van der Waals surface area contributed by atoms with Crippen LogP contribution in [0.2, 0.25) is 0 Å². The second-order valence-electron chi connectivity index (χ2n) is 0.513. The molecule has 0 aliphatic rings. The van der Waals surface area contributed by atoms with Gasteiger partial charge in [0, 0.05) is 18.6 Å². The minimum Gasteiger partial charge on any atom is -0.412 e. The first kappa shape index (κ1) is 15.6. The Labute approximate surface area is 51.8 Å². The maximum Gasteiger partial charge on any atom is 0.466 e. The average Bonchev–Trinajstić information content (AvgIpc) is 0.722. The largest absolute Gasteiger partial charge is 0.466 e. The molecule has 0 aromatic heterocycles. The third kappa shape index (κ3) is 337. The van der Waals surface area contributed by atoms with Crippen molar-refractivity contribution in [2.45, 2.75) is 0 Å². The molecule has 0 saturated carbocycles. The Bertz CT molecular complexity index is 54.2. The van der Waals surface area contributed by atoms with Crippen LogP contribution in [0.25, 0.3) is 0 Å². The summed E-state index contributed by atoms with van der Waals surface area (Å²) in [5.74, 6) is 0. The first-order chi connectivity index (χ1) is 2.00. The fourth-order valence-electron chi connectivity index (χ4n) is 0. The van der Waals surface area contributed by atoms with Crippen LogP contribution in [0, 0.1) is 0 Å². The van der Waals surface area contributed by atoms with Crippen LogP contribution in [0.5, 0.6) is 0 Å². The monoisotopic (exact) mass is 167 g/mol. The van der Waals surface area contributed by atoms with Gasteiger partial charge in [0.2, 0.25) is 0 Å². The van der Waals surface area contributed by atoms with Crippen LogP contribution in [0.15, 0.2) is 0 Å². The van der Waals surface area contributed by atoms with E-state index >= 15 is 0 Å². The molecule has 0 saturated heterocycles. The molecule has 0 aromatic rings. The molecular formula is H5O5PV. The summed E-state index contributed by atoms with van der Waals surface area (Å²) >= 11 is 0. The Morgan fingerprint density at radius 2 is 1.14 bits per heavy atom. The number of hydrogen-bond acceptors (Lipinski definition) is 1. The molecule has 1 radical (unpaired) electrons. The van der Waals surface area contributed by atoms with E-state index in [1.165, 1.54) is 0 Å². The minimum absolute atomic E-state index is 0. The number of phosphoric acid groups is 1. The molecule has 5 nitrogen and oxygen atoms in total. The maximum atomic E-state index is 8.88. The van der Waals surface area contributed by atoms with Gasteiger partial charge in [-0.3, -0.25) is 0 Å². The van der Waals surface area contributed by atoms with Crippen molar-refractivity contribution in [3.05, 3.63) is 0 Å². The molecule has 0 aliphatic carbocycles. The van der Waals surface area contributed by atoms with Gasteiger partial charge in [-0.25, -0.2) is 4.57 Å². The van der Waals surface area contributed by atoms with Crippen LogP contribution in [0.3, 0.4) is 0 Å². The van der Waals surface area contributed by atoms with Crippen LogP contribution in [-0.2, 0) is 23.1 Å². The topological polar surface area (TPSA) is 109 Å². The van der Waals surface area contributed by atoms with Crippen molar-refractivity contribution in [3.63, 3.8) is 0 Å². The fourth-order valence-corrected chi connectivity index (χ4v) is 0. The van der Waals surface area contributed by atoms with E-state index in [1.807, 2.05) is 0 Å². The van der Waals surface area contributed by atoms with E-state index in [0.29, 0.717) is 0 Å². The second-order valence-corrected chi connectivity index (χ2v) is 1.54. The fraction of sp³-hybridized carbons (Fsp3) is 0. The molecule has 0 rings (SSSR count). The quantitative estimate of drug-likeness (QED) is 0.371. The van der Waals surface area contributed by atoms with Gasteiger partial charge in [-0.1, -0.05) is 0 Å². The van der Waals surface area contributed by atoms with Gasteiger partial charge in [-0.2, -0.15) is 0 Å². The van der Waals surface area contributed by atoms with Crippen molar-refractivity contribution in [2.75, 3.05) is 0 Å². The summed E-state index contributed by atoms with van der Waals surface area (Å²) in [6.45, 7) is 0. The third-order valence-corrected chi connectivity index (χ3v) is 0. The summed E-state index contributed by atoms with van der Waals surface area (Å²) in [4.78, 5) is 21.6. The predicted octanol–water partition coefficient (Wildman–Crippen LogP) is -1.76. The number of rotatable bonds is 0. The summed E-state index contributed by atoms with van der Waals surface area (Å²) in [6, 6.07) is 0. The van der Waals surface area contributed by atoms with E-state index in [-0.39, 0.29) is 24.0 Å². The summed E-state index contributed by atoms with van der Waals surface area (Å²) in [6.07, 6.45) is 0. The Balaban J connectivity index is -0.0000000800. The molecule has 0 spiro atoms.